The lowest BCUT2D eigenvalue weighted by atomic mass is 9.91. The molecule has 0 bridgehead atoms. The number of Topliss-reactive ketones (excluding diaryl/α,β-unsaturated/α-hetero) is 1. The fourth-order valence-corrected chi connectivity index (χ4v) is 2.27. The maximum atomic E-state index is 13.7. The lowest BCUT2D eigenvalue weighted by Crippen LogP contribution is -2.59. The number of benzene rings is 1. The van der Waals surface area contributed by atoms with Crippen LogP contribution in [-0.2, 0) is 11.2 Å². The van der Waals surface area contributed by atoms with Crippen molar-refractivity contribution in [2.24, 2.45) is 0 Å². The quantitative estimate of drug-likeness (QED) is 0.799. The molecule has 0 unspecified atom stereocenters. The van der Waals surface area contributed by atoms with E-state index in [0.717, 1.165) is 0 Å². The second kappa shape index (κ2) is 5.15. The van der Waals surface area contributed by atoms with Crippen molar-refractivity contribution in [3.05, 3.63) is 40.5 Å². The van der Waals surface area contributed by atoms with Crippen LogP contribution in [0.5, 0.6) is 0 Å². The molecular weight excluding hydrogens is 359 g/mol. The Hall–Kier alpha value is -2.20. The Balaban J connectivity index is 2.61. The van der Waals surface area contributed by atoms with Crippen LogP contribution in [0.1, 0.15) is 11.1 Å². The van der Waals surface area contributed by atoms with Gasteiger partial charge in [-0.25, -0.2) is 13.2 Å². The van der Waals surface area contributed by atoms with Crippen molar-refractivity contribution in [1.29, 1.82) is 0 Å². The summed E-state index contributed by atoms with van der Waals surface area (Å²) in [5.41, 5.74) is -9.47. The molecule has 0 fully saturated rings. The smallest absolute Gasteiger partial charge is 0.439 e. The van der Waals surface area contributed by atoms with Crippen LogP contribution in [-0.4, -0.2) is 28.9 Å². The number of hydrogen-bond acceptors (Lipinski definition) is 2. The molecule has 1 N–H and O–H groups in total. The molecule has 0 aromatic heterocycles. The predicted octanol–water partition coefficient (Wildman–Crippen LogP) is 4.19. The third-order valence-corrected chi connectivity index (χ3v) is 3.39. The Morgan fingerprint density at radius 3 is 1.92 bits per heavy atom. The summed E-state index contributed by atoms with van der Waals surface area (Å²) in [5.74, 6) is -7.49. The molecule has 2 nitrogen and oxygen atoms in total. The number of halogens is 9. The summed E-state index contributed by atoms with van der Waals surface area (Å²) in [6, 6.07) is 0.689. The molecule has 0 spiro atoms. The van der Waals surface area contributed by atoms with Crippen molar-refractivity contribution in [2.45, 2.75) is 24.4 Å². The molecule has 0 saturated carbocycles. The molecule has 2 rings (SSSR count). The van der Waals surface area contributed by atoms with Gasteiger partial charge in [-0.3, -0.25) is 4.79 Å². The van der Waals surface area contributed by atoms with Crippen molar-refractivity contribution < 1.29 is 49.4 Å². The number of aliphatic hydroxyl groups excluding tert-OH is 1. The van der Waals surface area contributed by atoms with Gasteiger partial charge in [0.05, 0.1) is 5.56 Å². The third-order valence-electron chi connectivity index (χ3n) is 3.39. The van der Waals surface area contributed by atoms with E-state index in [9.17, 15) is 49.4 Å². The van der Waals surface area contributed by atoms with Crippen molar-refractivity contribution >= 4 is 11.5 Å². The van der Waals surface area contributed by atoms with Gasteiger partial charge in [0.25, 0.3) is 0 Å². The number of allylic oxidation sites excluding steroid dienone is 1. The Morgan fingerprint density at radius 2 is 1.46 bits per heavy atom. The normalized spacial score (nSPS) is 15.7. The molecule has 1 aromatic carbocycles. The summed E-state index contributed by atoms with van der Waals surface area (Å²) in [5, 5.41) is 9.57. The first kappa shape index (κ1) is 18.1. The van der Waals surface area contributed by atoms with E-state index in [0.29, 0.717) is 6.07 Å². The highest BCUT2D eigenvalue weighted by atomic mass is 19.4. The highest BCUT2D eigenvalue weighted by Gasteiger charge is 2.77. The van der Waals surface area contributed by atoms with Gasteiger partial charge < -0.3 is 5.11 Å². The summed E-state index contributed by atoms with van der Waals surface area (Å²) in [7, 11) is 0. The van der Waals surface area contributed by atoms with Gasteiger partial charge >= 0.3 is 18.0 Å². The summed E-state index contributed by atoms with van der Waals surface area (Å²) in [4.78, 5) is 11.6. The molecule has 11 heteroatoms. The number of carbonyl (C=O) groups is 1. The van der Waals surface area contributed by atoms with Crippen LogP contribution in [0.4, 0.5) is 39.5 Å². The number of fused-ring (bicyclic) bond motifs is 1. The lowest BCUT2D eigenvalue weighted by Gasteiger charge is -2.28. The first-order chi connectivity index (χ1) is 10.7. The van der Waals surface area contributed by atoms with Crippen LogP contribution in [0.25, 0.3) is 5.76 Å². The van der Waals surface area contributed by atoms with Crippen molar-refractivity contribution in [2.75, 3.05) is 0 Å². The topological polar surface area (TPSA) is 37.3 Å². The van der Waals surface area contributed by atoms with Gasteiger partial charge in [-0.05, 0) is 11.6 Å². The van der Waals surface area contributed by atoms with Crippen LogP contribution in [0.3, 0.4) is 0 Å². The van der Waals surface area contributed by atoms with Crippen LogP contribution >= 0.6 is 0 Å². The number of rotatable bonds is 2. The second-order valence-corrected chi connectivity index (χ2v) is 4.91. The minimum Gasteiger partial charge on any atom is -0.507 e. The van der Waals surface area contributed by atoms with Crippen LogP contribution in [0.2, 0.25) is 0 Å². The molecule has 1 aliphatic carbocycles. The molecule has 24 heavy (non-hydrogen) atoms. The summed E-state index contributed by atoms with van der Waals surface area (Å²) >= 11 is 0. The SMILES string of the molecule is O=C(C1=C(O)c2c(F)cc(F)cc2C1)C(F)(C(F)(F)F)C(F)(F)F. The Kier molecular flexibility index (Phi) is 3.89. The number of carbonyl (C=O) groups excluding carboxylic acids is 1. The highest BCUT2D eigenvalue weighted by Crippen LogP contribution is 2.49. The van der Waals surface area contributed by atoms with Gasteiger partial charge in [0, 0.05) is 18.1 Å². The average molecular weight is 364 g/mol. The van der Waals surface area contributed by atoms with E-state index in [-0.39, 0.29) is 6.07 Å². The second-order valence-electron chi connectivity index (χ2n) is 4.91. The van der Waals surface area contributed by atoms with Gasteiger partial charge in [0.1, 0.15) is 17.4 Å². The third kappa shape index (κ3) is 2.42. The molecule has 1 aliphatic rings. The summed E-state index contributed by atoms with van der Waals surface area (Å²) in [6.07, 6.45) is -14.5. The minimum absolute atomic E-state index is 0.193. The zero-order chi connectivity index (χ0) is 18.7. The predicted molar refractivity (Wildman–Crippen MR) is 60.6 cm³/mol. The fourth-order valence-electron chi connectivity index (χ4n) is 2.27. The van der Waals surface area contributed by atoms with E-state index < -0.39 is 64.3 Å². The van der Waals surface area contributed by atoms with Crippen LogP contribution in [0, 0.1) is 11.6 Å². The van der Waals surface area contributed by atoms with E-state index >= 15 is 0 Å². The first-order valence-electron chi connectivity index (χ1n) is 5.99. The largest absolute Gasteiger partial charge is 0.507 e. The van der Waals surface area contributed by atoms with E-state index in [1.165, 1.54) is 0 Å². The average Bonchev–Trinajstić information content (AvgIpc) is 2.71. The summed E-state index contributed by atoms with van der Waals surface area (Å²) < 4.78 is 116. The highest BCUT2D eigenvalue weighted by molar-refractivity contribution is 6.09. The molecule has 0 atom stereocenters. The van der Waals surface area contributed by atoms with Gasteiger partial charge in [0.2, 0.25) is 5.78 Å². The van der Waals surface area contributed by atoms with E-state index in [1.54, 1.807) is 0 Å². The van der Waals surface area contributed by atoms with Crippen LogP contribution < -0.4 is 0 Å². The first-order valence-corrected chi connectivity index (χ1v) is 5.99. The van der Waals surface area contributed by atoms with Gasteiger partial charge in [-0.1, -0.05) is 0 Å². The van der Waals surface area contributed by atoms with Gasteiger partial charge in [-0.2, -0.15) is 26.3 Å². The zero-order valence-corrected chi connectivity index (χ0v) is 11.1. The number of alkyl halides is 7. The maximum absolute atomic E-state index is 13.7. The van der Waals surface area contributed by atoms with Crippen molar-refractivity contribution in [3.63, 3.8) is 0 Å². The van der Waals surface area contributed by atoms with E-state index in [2.05, 4.69) is 0 Å². The molecule has 1 aromatic rings. The molecule has 132 valence electrons. The minimum atomic E-state index is -6.67. The molecule has 0 amide bonds. The van der Waals surface area contributed by atoms with Crippen LogP contribution in [0.15, 0.2) is 17.7 Å². The summed E-state index contributed by atoms with van der Waals surface area (Å²) in [6.45, 7) is 0. The van der Waals surface area contributed by atoms with Gasteiger partial charge in [-0.15, -0.1) is 0 Å². The molecule has 0 saturated heterocycles. The van der Waals surface area contributed by atoms with E-state index in [4.69, 9.17) is 0 Å². The van der Waals surface area contributed by atoms with Crippen molar-refractivity contribution in [3.8, 4) is 0 Å². The monoisotopic (exact) mass is 364 g/mol. The lowest BCUT2D eigenvalue weighted by molar-refractivity contribution is -0.324. The maximum Gasteiger partial charge on any atom is 0.439 e. The van der Waals surface area contributed by atoms with Crippen molar-refractivity contribution in [1.82, 2.24) is 0 Å². The Bertz CT molecular complexity index is 729. The van der Waals surface area contributed by atoms with Gasteiger partial charge in [0.15, 0.2) is 0 Å². The zero-order valence-electron chi connectivity index (χ0n) is 11.1. The Labute approximate surface area is 127 Å². The molecule has 0 heterocycles. The Morgan fingerprint density at radius 1 is 0.958 bits per heavy atom. The standard InChI is InChI=1S/C13H5F9O2/c14-5-1-4-2-6(9(23)8(4)7(15)3-5)10(24)11(16,12(17,18)19)13(20,21)22/h1,3,23H,2H2. The number of ketones is 1. The molecular formula is C13H5F9O2. The number of aliphatic hydroxyl groups is 1. The molecule has 0 radical (unpaired) electrons. The fraction of sp³-hybridized carbons (Fsp3) is 0.308. The number of hydrogen-bond donors (Lipinski definition) is 1. The van der Waals surface area contributed by atoms with E-state index in [1.807, 2.05) is 0 Å². The molecule has 0 aliphatic heterocycles.